The van der Waals surface area contributed by atoms with Crippen molar-refractivity contribution in [3.63, 3.8) is 0 Å². The number of amides is 1. The van der Waals surface area contributed by atoms with E-state index in [0.717, 1.165) is 55.6 Å². The molecule has 2 aromatic heterocycles. The molecule has 1 amide bonds. The van der Waals surface area contributed by atoms with Crippen LogP contribution < -0.4 is 9.64 Å². The first kappa shape index (κ1) is 22.2. The Morgan fingerprint density at radius 1 is 1.18 bits per heavy atom. The van der Waals surface area contributed by atoms with Crippen LogP contribution in [0, 0.1) is 12.0 Å². The summed E-state index contributed by atoms with van der Waals surface area (Å²) < 4.78 is 5.65. The summed E-state index contributed by atoms with van der Waals surface area (Å²) in [7, 11) is 2.15. The lowest BCUT2D eigenvalue weighted by molar-refractivity contribution is -0.136. The predicted molar refractivity (Wildman–Crippen MR) is 131 cm³/mol. The van der Waals surface area contributed by atoms with Crippen LogP contribution in [0.5, 0.6) is 5.75 Å². The summed E-state index contributed by atoms with van der Waals surface area (Å²) in [5, 5.41) is 1.07. The Morgan fingerprint density at radius 3 is 2.62 bits per heavy atom. The number of anilines is 1. The van der Waals surface area contributed by atoms with Crippen molar-refractivity contribution >= 4 is 28.4 Å². The van der Waals surface area contributed by atoms with Gasteiger partial charge in [0.15, 0.2) is 12.3 Å². The van der Waals surface area contributed by atoms with Gasteiger partial charge in [-0.3, -0.25) is 4.79 Å². The van der Waals surface area contributed by atoms with E-state index >= 15 is 0 Å². The molecule has 1 spiro atoms. The first-order chi connectivity index (χ1) is 16.6. The number of carbonyl (C=O) groups excluding carboxylic acids is 1. The van der Waals surface area contributed by atoms with Crippen LogP contribution in [0.3, 0.4) is 0 Å². The third-order valence-electron chi connectivity index (χ3n) is 7.74. The van der Waals surface area contributed by atoms with Gasteiger partial charge in [0.25, 0.3) is 5.91 Å². The molecule has 0 atom stereocenters. The van der Waals surface area contributed by atoms with E-state index in [0.29, 0.717) is 22.9 Å². The van der Waals surface area contributed by atoms with Crippen LogP contribution in [0.4, 0.5) is 11.5 Å². The van der Waals surface area contributed by atoms with Gasteiger partial charge in [0.1, 0.15) is 23.5 Å². The van der Waals surface area contributed by atoms with E-state index in [-0.39, 0.29) is 12.5 Å². The van der Waals surface area contributed by atoms with Gasteiger partial charge in [-0.05, 0) is 62.1 Å². The molecule has 1 aliphatic heterocycles. The van der Waals surface area contributed by atoms with Crippen LogP contribution in [0.2, 0.25) is 0 Å². The van der Waals surface area contributed by atoms with Crippen LogP contribution in [0.1, 0.15) is 38.5 Å². The van der Waals surface area contributed by atoms with Crippen LogP contribution in [-0.2, 0) is 4.79 Å². The minimum Gasteiger partial charge on any atom is -0.484 e. The van der Waals surface area contributed by atoms with Crippen LogP contribution in [0.25, 0.3) is 15.9 Å². The van der Waals surface area contributed by atoms with Gasteiger partial charge in [0.05, 0.1) is 12.0 Å². The molecule has 0 unspecified atom stereocenters. The number of hydrogen-bond donors (Lipinski definition) is 1. The zero-order valence-corrected chi connectivity index (χ0v) is 19.5. The number of fused-ring (bicyclic) bond motifs is 1. The van der Waals surface area contributed by atoms with Gasteiger partial charge in [-0.2, -0.15) is 0 Å². The van der Waals surface area contributed by atoms with Gasteiger partial charge >= 0.3 is 0 Å². The first-order valence-corrected chi connectivity index (χ1v) is 12.0. The Bertz CT molecular complexity index is 1180. The molecule has 1 saturated heterocycles. The summed E-state index contributed by atoms with van der Waals surface area (Å²) in [6, 6.07) is 9.41. The maximum absolute atomic E-state index is 12.7. The number of aromatic nitrogens is 3. The average Bonchev–Trinajstić information content (AvgIpc) is 3.37. The van der Waals surface area contributed by atoms with Crippen molar-refractivity contribution in [3.8, 4) is 5.75 Å². The maximum atomic E-state index is 12.7. The average molecular weight is 459 g/mol. The first-order valence-electron chi connectivity index (χ1n) is 12.0. The highest BCUT2D eigenvalue weighted by atomic mass is 16.5. The van der Waals surface area contributed by atoms with Gasteiger partial charge in [0.2, 0.25) is 0 Å². The molecule has 1 N–H and O–H groups in total. The second-order valence-corrected chi connectivity index (χ2v) is 9.55. The number of carbonyl (C=O) groups is 1. The number of benzene rings is 1. The Kier molecular flexibility index (Phi) is 6.10. The topological polar surface area (TPSA) is 78.7 Å². The lowest BCUT2D eigenvalue weighted by Crippen LogP contribution is -2.47. The molecular weight excluding hydrogens is 428 g/mol. The molecule has 8 heteroatoms. The molecule has 1 aliphatic carbocycles. The molecule has 0 radical (unpaired) electrons. The zero-order valence-electron chi connectivity index (χ0n) is 19.5. The summed E-state index contributed by atoms with van der Waals surface area (Å²) in [6.45, 7) is 8.66. The van der Waals surface area contributed by atoms with E-state index < -0.39 is 0 Å². The Labute approximate surface area is 199 Å². The van der Waals surface area contributed by atoms with Crippen molar-refractivity contribution in [3.05, 3.63) is 54.3 Å². The lowest BCUT2D eigenvalue weighted by atomic mass is 9.66. The molecule has 3 aromatic rings. The summed E-state index contributed by atoms with van der Waals surface area (Å²) in [6.07, 6.45) is 10.3. The van der Waals surface area contributed by atoms with Crippen molar-refractivity contribution < 1.29 is 9.53 Å². The van der Waals surface area contributed by atoms with Gasteiger partial charge in [-0.25, -0.2) is 14.8 Å². The number of ether oxygens (including phenoxy) is 1. The van der Waals surface area contributed by atoms with E-state index in [9.17, 15) is 4.79 Å². The molecule has 8 nitrogen and oxygen atoms in total. The van der Waals surface area contributed by atoms with Crippen molar-refractivity contribution in [1.29, 1.82) is 0 Å². The second kappa shape index (κ2) is 9.34. The number of nitrogens with zero attached hydrogens (tertiary/aromatic N) is 5. The van der Waals surface area contributed by atoms with Gasteiger partial charge in [-0.15, -0.1) is 0 Å². The quantitative estimate of drug-likeness (QED) is 0.567. The molecule has 0 bridgehead atoms. The number of rotatable bonds is 5. The standard InChI is InChI=1S/C26H30N6O2/c1-27-19-3-5-21(6-4-19)34-17-23(33)32-15-12-26(13-16-32)10-7-20(8-11-26)31(2)25-22-9-14-28-24(22)29-18-30-25/h3-6,9,14,18,20H,7-8,10-13,15-17H2,2H3,(H,28,29,30). The normalized spacial score (nSPS) is 18.1. The van der Waals surface area contributed by atoms with Crippen molar-refractivity contribution in [2.75, 3.05) is 31.6 Å². The number of aromatic amines is 1. The van der Waals surface area contributed by atoms with Crippen molar-refractivity contribution in [1.82, 2.24) is 19.9 Å². The molecule has 176 valence electrons. The Morgan fingerprint density at radius 2 is 1.91 bits per heavy atom. The van der Waals surface area contributed by atoms with E-state index in [1.165, 1.54) is 12.8 Å². The summed E-state index contributed by atoms with van der Waals surface area (Å²) in [5.41, 5.74) is 1.79. The predicted octanol–water partition coefficient (Wildman–Crippen LogP) is 4.58. The van der Waals surface area contributed by atoms with Gasteiger partial charge in [-0.1, -0.05) is 12.1 Å². The maximum Gasteiger partial charge on any atom is 0.260 e. The number of nitrogens with one attached hydrogen (secondary N) is 1. The minimum absolute atomic E-state index is 0.0387. The molecule has 2 aliphatic rings. The molecule has 5 rings (SSSR count). The Balaban J connectivity index is 1.11. The highest BCUT2D eigenvalue weighted by molar-refractivity contribution is 5.87. The number of H-pyrrole nitrogens is 1. The van der Waals surface area contributed by atoms with E-state index in [1.807, 2.05) is 17.2 Å². The van der Waals surface area contributed by atoms with Crippen molar-refractivity contribution in [2.24, 2.45) is 5.41 Å². The molecule has 34 heavy (non-hydrogen) atoms. The summed E-state index contributed by atoms with van der Waals surface area (Å²) >= 11 is 0. The Hall–Kier alpha value is -3.60. The zero-order chi connectivity index (χ0) is 23.5. The molecule has 1 saturated carbocycles. The largest absolute Gasteiger partial charge is 0.484 e. The lowest BCUT2D eigenvalue weighted by Gasteiger charge is -2.47. The van der Waals surface area contributed by atoms with E-state index in [1.54, 1.807) is 30.6 Å². The highest BCUT2D eigenvalue weighted by Gasteiger charge is 2.40. The van der Waals surface area contributed by atoms with E-state index in [2.05, 4.69) is 31.7 Å². The fraction of sp³-hybridized carbons (Fsp3) is 0.462. The van der Waals surface area contributed by atoms with E-state index in [4.69, 9.17) is 11.3 Å². The molecule has 3 heterocycles. The highest BCUT2D eigenvalue weighted by Crippen LogP contribution is 2.46. The minimum atomic E-state index is 0.0387. The van der Waals surface area contributed by atoms with Crippen molar-refractivity contribution in [2.45, 2.75) is 44.6 Å². The fourth-order valence-electron chi connectivity index (χ4n) is 5.50. The number of likely N-dealkylation sites (tertiary alicyclic amines) is 1. The SMILES string of the molecule is [C-]#[N+]c1ccc(OCC(=O)N2CCC3(CCC(N(C)c4ncnc5[nH]ccc45)CC3)CC2)cc1. The summed E-state index contributed by atoms with van der Waals surface area (Å²) in [5.74, 6) is 1.66. The van der Waals surface area contributed by atoms with Gasteiger partial charge in [0, 0.05) is 32.4 Å². The van der Waals surface area contributed by atoms with Crippen LogP contribution in [0.15, 0.2) is 42.9 Å². The molecule has 2 fully saturated rings. The fourth-order valence-corrected chi connectivity index (χ4v) is 5.50. The number of piperidine rings is 1. The number of hydrogen-bond acceptors (Lipinski definition) is 5. The molecular formula is C26H30N6O2. The van der Waals surface area contributed by atoms with Gasteiger partial charge < -0.3 is 19.5 Å². The third-order valence-corrected chi connectivity index (χ3v) is 7.74. The smallest absolute Gasteiger partial charge is 0.260 e. The summed E-state index contributed by atoms with van der Waals surface area (Å²) in [4.78, 5) is 32.4. The monoisotopic (exact) mass is 458 g/mol. The van der Waals surface area contributed by atoms with Crippen LogP contribution in [-0.4, -0.2) is 58.5 Å². The van der Waals surface area contributed by atoms with Crippen LogP contribution >= 0.6 is 0 Å². The molecule has 1 aromatic carbocycles. The second-order valence-electron chi connectivity index (χ2n) is 9.55. The third kappa shape index (κ3) is 4.43.